The van der Waals surface area contributed by atoms with Crippen molar-refractivity contribution in [2.45, 2.75) is 26.8 Å². The topological polar surface area (TPSA) is 87.2 Å². The Morgan fingerprint density at radius 1 is 1.62 bits per heavy atom. The number of nitrogens with zero attached hydrogens (tertiary/aromatic N) is 2. The fourth-order valence-corrected chi connectivity index (χ4v) is 1.30. The molecule has 6 heteroatoms. The van der Waals surface area contributed by atoms with Gasteiger partial charge in [-0.2, -0.15) is 0 Å². The number of carbonyl (C=O) groups is 1. The number of rotatable bonds is 4. The second-order valence-corrected chi connectivity index (χ2v) is 3.30. The Morgan fingerprint density at radius 3 is 2.88 bits per heavy atom. The monoisotopic (exact) mass is 225 g/mol. The molecule has 0 aliphatic carbocycles. The third-order valence-corrected chi connectivity index (χ3v) is 2.01. The Morgan fingerprint density at radius 2 is 2.31 bits per heavy atom. The first-order valence-corrected chi connectivity index (χ1v) is 5.04. The highest BCUT2D eigenvalue weighted by molar-refractivity contribution is 5.69. The summed E-state index contributed by atoms with van der Waals surface area (Å²) >= 11 is 0. The summed E-state index contributed by atoms with van der Waals surface area (Å²) in [7, 11) is 0. The van der Waals surface area contributed by atoms with Gasteiger partial charge in [-0.1, -0.05) is 0 Å². The van der Waals surface area contributed by atoms with Gasteiger partial charge in [0.25, 0.3) is 5.56 Å². The molecule has 1 heterocycles. The number of nitrogens with two attached hydrogens (primary N) is 1. The first-order valence-electron chi connectivity index (χ1n) is 5.04. The van der Waals surface area contributed by atoms with Crippen molar-refractivity contribution >= 4 is 11.9 Å². The molecule has 0 saturated carbocycles. The van der Waals surface area contributed by atoms with Crippen LogP contribution in [0, 0.1) is 6.92 Å². The summed E-state index contributed by atoms with van der Waals surface area (Å²) in [6.07, 6.45) is 0.114. The summed E-state index contributed by atoms with van der Waals surface area (Å²) in [5.41, 5.74) is 5.89. The minimum Gasteiger partial charge on any atom is -0.466 e. The second kappa shape index (κ2) is 5.29. The van der Waals surface area contributed by atoms with Crippen molar-refractivity contribution in [2.75, 3.05) is 12.3 Å². The van der Waals surface area contributed by atoms with Crippen LogP contribution in [0.2, 0.25) is 0 Å². The van der Waals surface area contributed by atoms with E-state index < -0.39 is 0 Å². The maximum atomic E-state index is 11.5. The fourth-order valence-electron chi connectivity index (χ4n) is 1.30. The Labute approximate surface area is 93.0 Å². The quantitative estimate of drug-likeness (QED) is 0.733. The molecule has 0 aliphatic rings. The average molecular weight is 225 g/mol. The number of carbonyl (C=O) groups excluding carboxylic acids is 1. The summed E-state index contributed by atoms with van der Waals surface area (Å²) in [5.74, 6) is -0.233. The zero-order valence-corrected chi connectivity index (χ0v) is 9.40. The molecule has 2 N–H and O–H groups in total. The van der Waals surface area contributed by atoms with E-state index in [1.807, 2.05) is 0 Å². The number of aryl methyl sites for hydroxylation is 1. The first-order chi connectivity index (χ1) is 7.54. The first kappa shape index (κ1) is 12.2. The van der Waals surface area contributed by atoms with Crippen LogP contribution in [0.5, 0.6) is 0 Å². The van der Waals surface area contributed by atoms with E-state index in [0.717, 1.165) is 0 Å². The summed E-state index contributed by atoms with van der Waals surface area (Å²) in [6, 6.07) is 1.38. The molecule has 0 spiro atoms. The lowest BCUT2D eigenvalue weighted by Crippen LogP contribution is -2.25. The molecule has 1 rings (SSSR count). The molecule has 0 saturated heterocycles. The van der Waals surface area contributed by atoms with Gasteiger partial charge in [-0.3, -0.25) is 14.2 Å². The Kier molecular flexibility index (Phi) is 4.04. The van der Waals surface area contributed by atoms with Crippen molar-refractivity contribution in [3.63, 3.8) is 0 Å². The van der Waals surface area contributed by atoms with Crippen LogP contribution in [0.25, 0.3) is 0 Å². The van der Waals surface area contributed by atoms with E-state index in [1.165, 1.54) is 10.6 Å². The van der Waals surface area contributed by atoms with Crippen LogP contribution in [0.15, 0.2) is 10.9 Å². The average Bonchev–Trinajstić information content (AvgIpc) is 2.16. The van der Waals surface area contributed by atoms with E-state index in [0.29, 0.717) is 12.3 Å². The molecule has 0 radical (unpaired) electrons. The molecule has 0 atom stereocenters. The van der Waals surface area contributed by atoms with Crippen LogP contribution in [-0.4, -0.2) is 22.1 Å². The van der Waals surface area contributed by atoms with Gasteiger partial charge in [-0.05, 0) is 13.8 Å². The number of hydrogen-bond acceptors (Lipinski definition) is 5. The fraction of sp³-hybridized carbons (Fsp3) is 0.500. The number of ether oxygens (including phenoxy) is 1. The minimum atomic E-state index is -0.352. The van der Waals surface area contributed by atoms with Crippen LogP contribution in [0.4, 0.5) is 5.95 Å². The number of esters is 1. The number of aromatic nitrogens is 2. The summed E-state index contributed by atoms with van der Waals surface area (Å²) in [5, 5.41) is 0. The van der Waals surface area contributed by atoms with Gasteiger partial charge >= 0.3 is 5.97 Å². The van der Waals surface area contributed by atoms with E-state index in [9.17, 15) is 9.59 Å². The van der Waals surface area contributed by atoms with E-state index in [4.69, 9.17) is 10.5 Å². The lowest BCUT2D eigenvalue weighted by molar-refractivity contribution is -0.143. The molecule has 1 aromatic rings. The van der Waals surface area contributed by atoms with Crippen LogP contribution in [0.1, 0.15) is 19.0 Å². The molecule has 0 unspecified atom stereocenters. The minimum absolute atomic E-state index is 0.114. The molecular formula is C10H15N3O3. The second-order valence-electron chi connectivity index (χ2n) is 3.30. The van der Waals surface area contributed by atoms with Gasteiger partial charge in [0, 0.05) is 18.3 Å². The summed E-state index contributed by atoms with van der Waals surface area (Å²) < 4.78 is 6.01. The van der Waals surface area contributed by atoms with Crippen molar-refractivity contribution in [1.29, 1.82) is 0 Å². The summed E-state index contributed by atoms with van der Waals surface area (Å²) in [6.45, 7) is 3.94. The van der Waals surface area contributed by atoms with Gasteiger partial charge in [0.05, 0.1) is 13.0 Å². The molecular weight excluding hydrogens is 210 g/mol. The molecule has 6 nitrogen and oxygen atoms in total. The molecule has 1 aromatic heterocycles. The molecule has 0 bridgehead atoms. The summed E-state index contributed by atoms with van der Waals surface area (Å²) in [4.78, 5) is 26.6. The number of hydrogen-bond donors (Lipinski definition) is 1. The third-order valence-electron chi connectivity index (χ3n) is 2.01. The van der Waals surface area contributed by atoms with Gasteiger partial charge < -0.3 is 10.5 Å². The van der Waals surface area contributed by atoms with Gasteiger partial charge in [0.1, 0.15) is 0 Å². The smallest absolute Gasteiger partial charge is 0.307 e. The zero-order chi connectivity index (χ0) is 12.1. The SMILES string of the molecule is CCOC(=O)CCn1c(N)nc(C)cc1=O. The van der Waals surface area contributed by atoms with Crippen molar-refractivity contribution < 1.29 is 9.53 Å². The van der Waals surface area contributed by atoms with Crippen LogP contribution < -0.4 is 11.3 Å². The number of anilines is 1. The lowest BCUT2D eigenvalue weighted by atomic mass is 10.4. The highest BCUT2D eigenvalue weighted by Crippen LogP contribution is 1.99. The van der Waals surface area contributed by atoms with E-state index in [-0.39, 0.29) is 30.4 Å². The van der Waals surface area contributed by atoms with Crippen molar-refractivity contribution in [3.05, 3.63) is 22.1 Å². The molecule has 0 fully saturated rings. The van der Waals surface area contributed by atoms with Gasteiger partial charge in [-0.25, -0.2) is 4.98 Å². The van der Waals surface area contributed by atoms with Gasteiger partial charge in [0.2, 0.25) is 5.95 Å². The highest BCUT2D eigenvalue weighted by Gasteiger charge is 2.07. The number of nitrogen functional groups attached to an aromatic ring is 1. The van der Waals surface area contributed by atoms with Crippen molar-refractivity contribution in [3.8, 4) is 0 Å². The maximum absolute atomic E-state index is 11.5. The third kappa shape index (κ3) is 3.08. The van der Waals surface area contributed by atoms with Gasteiger partial charge in [0.15, 0.2) is 0 Å². The standard InChI is InChI=1S/C10H15N3O3/c1-3-16-9(15)4-5-13-8(14)6-7(2)12-10(13)11/h6H,3-5H2,1-2H3,(H2,11,12). The molecule has 16 heavy (non-hydrogen) atoms. The molecule has 0 amide bonds. The van der Waals surface area contributed by atoms with Crippen molar-refractivity contribution in [2.24, 2.45) is 0 Å². The zero-order valence-electron chi connectivity index (χ0n) is 9.40. The lowest BCUT2D eigenvalue weighted by Gasteiger charge is -2.08. The molecule has 88 valence electrons. The predicted molar refractivity (Wildman–Crippen MR) is 58.9 cm³/mol. The van der Waals surface area contributed by atoms with Crippen molar-refractivity contribution in [1.82, 2.24) is 9.55 Å². The largest absolute Gasteiger partial charge is 0.466 e. The van der Waals surface area contributed by atoms with E-state index in [2.05, 4.69) is 4.98 Å². The maximum Gasteiger partial charge on any atom is 0.307 e. The Hall–Kier alpha value is -1.85. The molecule has 0 aliphatic heterocycles. The predicted octanol–water partition coefficient (Wildman–Crippen LogP) is 0.0871. The van der Waals surface area contributed by atoms with E-state index >= 15 is 0 Å². The van der Waals surface area contributed by atoms with Crippen LogP contribution >= 0.6 is 0 Å². The van der Waals surface area contributed by atoms with Crippen LogP contribution in [-0.2, 0) is 16.1 Å². The normalized spacial score (nSPS) is 10.1. The highest BCUT2D eigenvalue weighted by atomic mass is 16.5. The van der Waals surface area contributed by atoms with Gasteiger partial charge in [-0.15, -0.1) is 0 Å². The Balaban J connectivity index is 2.75. The Bertz CT molecular complexity index is 439. The molecule has 0 aromatic carbocycles. The van der Waals surface area contributed by atoms with Crippen LogP contribution in [0.3, 0.4) is 0 Å². The van der Waals surface area contributed by atoms with E-state index in [1.54, 1.807) is 13.8 Å².